The Balaban J connectivity index is 1.61. The molecule has 1 fully saturated rings. The van der Waals surface area contributed by atoms with Gasteiger partial charge in [-0.2, -0.15) is 0 Å². The zero-order valence-corrected chi connectivity index (χ0v) is 17.7. The highest BCUT2D eigenvalue weighted by Crippen LogP contribution is 2.37. The standard InChI is InChI=1S/C20H11BrClNO2S2/c21-13-6-4-12(5-7-13)17-9-8-16(25-17)11-18-19(24)23(20(26)27-18)15-3-1-2-14(22)10-15/h1-11H. The number of amides is 1. The van der Waals surface area contributed by atoms with Gasteiger partial charge in [0.05, 0.1) is 10.6 Å². The summed E-state index contributed by atoms with van der Waals surface area (Å²) in [6.07, 6.45) is 1.71. The molecule has 1 saturated heterocycles. The predicted octanol–water partition coefficient (Wildman–Crippen LogP) is 6.77. The van der Waals surface area contributed by atoms with Crippen molar-refractivity contribution in [3.05, 3.63) is 80.8 Å². The minimum absolute atomic E-state index is 0.186. The fraction of sp³-hybridized carbons (Fsp3) is 0. The molecular weight excluding hydrogens is 466 g/mol. The molecule has 0 bridgehead atoms. The Morgan fingerprint density at radius 1 is 1.11 bits per heavy atom. The summed E-state index contributed by atoms with van der Waals surface area (Å²) in [4.78, 5) is 14.8. The van der Waals surface area contributed by atoms with E-state index in [0.29, 0.717) is 25.7 Å². The largest absolute Gasteiger partial charge is 0.457 e. The second kappa shape index (κ2) is 7.64. The van der Waals surface area contributed by atoms with E-state index < -0.39 is 0 Å². The molecule has 1 aromatic heterocycles. The van der Waals surface area contributed by atoms with Crippen LogP contribution in [0, 0.1) is 0 Å². The van der Waals surface area contributed by atoms with Crippen molar-refractivity contribution in [2.45, 2.75) is 0 Å². The first kappa shape index (κ1) is 18.5. The van der Waals surface area contributed by atoms with Gasteiger partial charge in [0.25, 0.3) is 5.91 Å². The van der Waals surface area contributed by atoms with Crippen molar-refractivity contribution < 1.29 is 9.21 Å². The maximum atomic E-state index is 12.8. The van der Waals surface area contributed by atoms with Gasteiger partial charge in [-0.15, -0.1) is 0 Å². The third-order valence-electron chi connectivity index (χ3n) is 3.89. The molecule has 27 heavy (non-hydrogen) atoms. The molecule has 0 radical (unpaired) electrons. The lowest BCUT2D eigenvalue weighted by atomic mass is 10.2. The van der Waals surface area contributed by atoms with Crippen molar-refractivity contribution >= 4 is 73.5 Å². The topological polar surface area (TPSA) is 33.5 Å². The van der Waals surface area contributed by atoms with E-state index in [1.807, 2.05) is 36.4 Å². The average Bonchev–Trinajstić information content (AvgIpc) is 3.21. The van der Waals surface area contributed by atoms with Gasteiger partial charge >= 0.3 is 0 Å². The van der Waals surface area contributed by atoms with E-state index in [-0.39, 0.29) is 5.91 Å². The minimum atomic E-state index is -0.186. The summed E-state index contributed by atoms with van der Waals surface area (Å²) in [5.74, 6) is 1.15. The Kier molecular flexibility index (Phi) is 5.23. The minimum Gasteiger partial charge on any atom is -0.457 e. The van der Waals surface area contributed by atoms with Crippen molar-refractivity contribution in [3.63, 3.8) is 0 Å². The molecule has 3 nitrogen and oxygen atoms in total. The van der Waals surface area contributed by atoms with E-state index in [0.717, 1.165) is 15.8 Å². The highest BCUT2D eigenvalue weighted by atomic mass is 79.9. The van der Waals surface area contributed by atoms with Crippen LogP contribution in [-0.4, -0.2) is 10.2 Å². The molecule has 1 aliphatic rings. The molecule has 0 atom stereocenters. The molecule has 0 N–H and O–H groups in total. The lowest BCUT2D eigenvalue weighted by molar-refractivity contribution is -0.113. The average molecular weight is 477 g/mol. The summed E-state index contributed by atoms with van der Waals surface area (Å²) in [5, 5.41) is 0.552. The van der Waals surface area contributed by atoms with Crippen molar-refractivity contribution in [2.24, 2.45) is 0 Å². The molecule has 2 heterocycles. The summed E-state index contributed by atoms with van der Waals surface area (Å²) in [6.45, 7) is 0. The second-order valence-corrected chi connectivity index (χ2v) is 8.73. The number of rotatable bonds is 3. The predicted molar refractivity (Wildman–Crippen MR) is 119 cm³/mol. The molecule has 3 aromatic rings. The summed E-state index contributed by atoms with van der Waals surface area (Å²) in [5.41, 5.74) is 1.62. The first-order chi connectivity index (χ1) is 13.0. The number of nitrogens with zero attached hydrogens (tertiary/aromatic N) is 1. The number of thiocarbonyl (C=S) groups is 1. The molecule has 0 aliphatic carbocycles. The van der Waals surface area contributed by atoms with E-state index in [9.17, 15) is 4.79 Å². The molecule has 0 saturated carbocycles. The molecule has 134 valence electrons. The number of benzene rings is 2. The zero-order chi connectivity index (χ0) is 19.0. The summed E-state index contributed by atoms with van der Waals surface area (Å²) in [6, 6.07) is 18.6. The van der Waals surface area contributed by atoms with Crippen LogP contribution in [0.3, 0.4) is 0 Å². The van der Waals surface area contributed by atoms with Crippen LogP contribution < -0.4 is 4.90 Å². The van der Waals surface area contributed by atoms with Crippen molar-refractivity contribution in [3.8, 4) is 11.3 Å². The molecule has 2 aromatic carbocycles. The van der Waals surface area contributed by atoms with E-state index in [1.54, 1.807) is 30.3 Å². The quantitative estimate of drug-likeness (QED) is 0.308. The third-order valence-corrected chi connectivity index (χ3v) is 5.95. The fourth-order valence-corrected chi connectivity index (χ4v) is 4.36. The Bertz CT molecular complexity index is 1080. The first-order valence-corrected chi connectivity index (χ1v) is 10.3. The maximum Gasteiger partial charge on any atom is 0.270 e. The Labute approximate surface area is 179 Å². The summed E-state index contributed by atoms with van der Waals surface area (Å²) < 4.78 is 7.34. The summed E-state index contributed by atoms with van der Waals surface area (Å²) >= 11 is 16.1. The van der Waals surface area contributed by atoms with E-state index in [2.05, 4.69) is 15.9 Å². The maximum absolute atomic E-state index is 12.8. The van der Waals surface area contributed by atoms with Crippen LogP contribution in [-0.2, 0) is 4.79 Å². The lowest BCUT2D eigenvalue weighted by Crippen LogP contribution is -2.27. The molecule has 0 spiro atoms. The van der Waals surface area contributed by atoms with Crippen LogP contribution >= 0.6 is 51.5 Å². The van der Waals surface area contributed by atoms with Crippen molar-refractivity contribution in [2.75, 3.05) is 4.90 Å². The highest BCUT2D eigenvalue weighted by molar-refractivity contribution is 9.10. The molecule has 4 rings (SSSR count). The van der Waals surface area contributed by atoms with E-state index in [1.165, 1.54) is 16.7 Å². The van der Waals surface area contributed by atoms with E-state index in [4.69, 9.17) is 28.2 Å². The number of anilines is 1. The molecule has 1 aliphatic heterocycles. The highest BCUT2D eigenvalue weighted by Gasteiger charge is 2.33. The molecule has 0 unspecified atom stereocenters. The molecule has 7 heteroatoms. The lowest BCUT2D eigenvalue weighted by Gasteiger charge is -2.14. The molecular formula is C20H11BrClNO2S2. The first-order valence-electron chi connectivity index (χ1n) is 7.90. The summed E-state index contributed by atoms with van der Waals surface area (Å²) in [7, 11) is 0. The second-order valence-electron chi connectivity index (χ2n) is 5.71. The van der Waals surface area contributed by atoms with Crippen molar-refractivity contribution in [1.82, 2.24) is 0 Å². The number of thioether (sulfide) groups is 1. The normalized spacial score (nSPS) is 15.8. The van der Waals surface area contributed by atoms with Gasteiger partial charge in [-0.1, -0.05) is 69.7 Å². The number of halogens is 2. The van der Waals surface area contributed by atoms with Crippen LogP contribution in [0.4, 0.5) is 5.69 Å². The van der Waals surface area contributed by atoms with Crippen LogP contribution in [0.5, 0.6) is 0 Å². The van der Waals surface area contributed by atoms with Gasteiger partial charge in [0.15, 0.2) is 4.32 Å². The van der Waals surface area contributed by atoms with E-state index >= 15 is 0 Å². The number of carbonyl (C=O) groups is 1. The van der Waals surface area contributed by atoms with Crippen LogP contribution in [0.25, 0.3) is 17.4 Å². The smallest absolute Gasteiger partial charge is 0.270 e. The number of hydrogen-bond acceptors (Lipinski definition) is 4. The number of hydrogen-bond donors (Lipinski definition) is 0. The van der Waals surface area contributed by atoms with Gasteiger partial charge in [0.1, 0.15) is 11.5 Å². The van der Waals surface area contributed by atoms with Gasteiger partial charge in [0, 0.05) is 21.1 Å². The van der Waals surface area contributed by atoms with Crippen LogP contribution in [0.2, 0.25) is 5.02 Å². The van der Waals surface area contributed by atoms with Crippen LogP contribution in [0.1, 0.15) is 5.76 Å². The van der Waals surface area contributed by atoms with Crippen LogP contribution in [0.15, 0.2) is 74.5 Å². The Morgan fingerprint density at radius 3 is 2.63 bits per heavy atom. The van der Waals surface area contributed by atoms with Gasteiger partial charge < -0.3 is 4.42 Å². The Morgan fingerprint density at radius 2 is 1.89 bits per heavy atom. The zero-order valence-electron chi connectivity index (χ0n) is 13.7. The third kappa shape index (κ3) is 3.89. The van der Waals surface area contributed by atoms with Gasteiger partial charge in [-0.25, -0.2) is 0 Å². The van der Waals surface area contributed by atoms with Gasteiger partial charge in [-0.05, 0) is 42.5 Å². The molecule has 1 amide bonds. The Hall–Kier alpha value is -1.86. The monoisotopic (exact) mass is 475 g/mol. The van der Waals surface area contributed by atoms with Gasteiger partial charge in [0.2, 0.25) is 0 Å². The number of carbonyl (C=O) groups excluding carboxylic acids is 1. The number of furan rings is 1. The fourth-order valence-electron chi connectivity index (χ4n) is 2.63. The van der Waals surface area contributed by atoms with Gasteiger partial charge in [-0.3, -0.25) is 9.69 Å². The van der Waals surface area contributed by atoms with Crippen molar-refractivity contribution in [1.29, 1.82) is 0 Å². The SMILES string of the molecule is O=C1C(=Cc2ccc(-c3ccc(Br)cc3)o2)SC(=S)N1c1cccc(Cl)c1.